The molecule has 0 fully saturated rings. The second kappa shape index (κ2) is 8.58. The van der Waals surface area contributed by atoms with Gasteiger partial charge in [-0.3, -0.25) is 4.79 Å². The van der Waals surface area contributed by atoms with Crippen LogP contribution in [0.4, 0.5) is 10.1 Å². The minimum atomic E-state index is -0.334. The lowest BCUT2D eigenvalue weighted by Crippen LogP contribution is -2.24. The van der Waals surface area contributed by atoms with Crippen molar-refractivity contribution in [3.8, 4) is 11.3 Å². The van der Waals surface area contributed by atoms with E-state index in [0.717, 1.165) is 16.3 Å². The number of thioether (sulfide) groups is 1. The van der Waals surface area contributed by atoms with Gasteiger partial charge in [0.15, 0.2) is 0 Å². The van der Waals surface area contributed by atoms with Gasteiger partial charge in [0.2, 0.25) is 5.91 Å². The van der Waals surface area contributed by atoms with Crippen LogP contribution >= 0.6 is 11.8 Å². The van der Waals surface area contributed by atoms with Crippen molar-refractivity contribution in [3.05, 3.63) is 72.8 Å². The van der Waals surface area contributed by atoms with E-state index in [1.165, 1.54) is 30.2 Å². The van der Waals surface area contributed by atoms with Gasteiger partial charge in [0.1, 0.15) is 17.2 Å². The van der Waals surface area contributed by atoms with Gasteiger partial charge >= 0.3 is 0 Å². The smallest absolute Gasteiger partial charge is 0.237 e. The third-order valence-corrected chi connectivity index (χ3v) is 5.05. The van der Waals surface area contributed by atoms with Gasteiger partial charge in [-0.05, 0) is 36.8 Å². The maximum absolute atomic E-state index is 13.0. The summed E-state index contributed by atoms with van der Waals surface area (Å²) in [6.45, 7) is 1.95. The van der Waals surface area contributed by atoms with E-state index in [9.17, 15) is 9.18 Å². The summed E-state index contributed by atoms with van der Waals surface area (Å²) in [7, 11) is 0. The molecule has 0 aliphatic rings. The Morgan fingerprint density at radius 2 is 1.85 bits per heavy atom. The first-order valence-corrected chi connectivity index (χ1v) is 9.14. The average Bonchev–Trinajstić information content (AvgIpc) is 2.68. The number of benzene rings is 2. The number of nitrogens with one attached hydrogen (secondary N) is 1. The van der Waals surface area contributed by atoms with Gasteiger partial charge in [0.25, 0.3) is 0 Å². The van der Waals surface area contributed by atoms with Crippen molar-refractivity contribution in [2.45, 2.75) is 23.6 Å². The van der Waals surface area contributed by atoms with Crippen molar-refractivity contribution >= 4 is 23.4 Å². The molecule has 1 unspecified atom stereocenters. The molecule has 3 aromatic rings. The molecule has 1 amide bonds. The molecular formula is C20H18FN3OS. The number of anilines is 1. The predicted octanol–water partition coefficient (Wildman–Crippen LogP) is 4.79. The van der Waals surface area contributed by atoms with Crippen LogP contribution in [0.1, 0.15) is 13.3 Å². The van der Waals surface area contributed by atoms with E-state index in [1.54, 1.807) is 12.1 Å². The van der Waals surface area contributed by atoms with E-state index in [-0.39, 0.29) is 17.0 Å². The molecule has 1 heterocycles. The third-order valence-electron chi connectivity index (χ3n) is 3.75. The Morgan fingerprint density at radius 3 is 2.54 bits per heavy atom. The topological polar surface area (TPSA) is 54.9 Å². The lowest BCUT2D eigenvalue weighted by atomic mass is 10.1. The Morgan fingerprint density at radius 1 is 1.12 bits per heavy atom. The lowest BCUT2D eigenvalue weighted by Gasteiger charge is -2.14. The standard InChI is InChI=1S/C20H18FN3OS/c1-2-18(20(25)24-16-10-8-15(21)9-11-16)26-19-12-17(22-13-23-19)14-6-4-3-5-7-14/h3-13,18H,2H2,1H3,(H,24,25). The van der Waals surface area contributed by atoms with E-state index in [1.807, 2.05) is 43.3 Å². The van der Waals surface area contributed by atoms with Crippen LogP contribution in [0.15, 0.2) is 72.0 Å². The van der Waals surface area contributed by atoms with Gasteiger partial charge in [0, 0.05) is 11.3 Å². The van der Waals surface area contributed by atoms with Crippen molar-refractivity contribution in [3.63, 3.8) is 0 Å². The number of aromatic nitrogens is 2. The van der Waals surface area contributed by atoms with Crippen LogP contribution in [-0.4, -0.2) is 21.1 Å². The first kappa shape index (κ1) is 18.1. The number of amides is 1. The summed E-state index contributed by atoms with van der Waals surface area (Å²) in [5, 5.41) is 3.25. The Labute approximate surface area is 155 Å². The highest BCUT2D eigenvalue weighted by Gasteiger charge is 2.19. The summed E-state index contributed by atoms with van der Waals surface area (Å²) in [5.41, 5.74) is 2.39. The maximum Gasteiger partial charge on any atom is 0.237 e. The molecule has 132 valence electrons. The molecule has 2 aromatic carbocycles. The number of hydrogen-bond acceptors (Lipinski definition) is 4. The summed E-state index contributed by atoms with van der Waals surface area (Å²) in [6, 6.07) is 17.4. The summed E-state index contributed by atoms with van der Waals surface area (Å²) in [5.74, 6) is -0.470. The van der Waals surface area contributed by atoms with Gasteiger partial charge in [-0.1, -0.05) is 49.0 Å². The molecule has 0 radical (unpaired) electrons. The van der Waals surface area contributed by atoms with Crippen molar-refractivity contribution in [2.24, 2.45) is 0 Å². The van der Waals surface area contributed by atoms with E-state index < -0.39 is 0 Å². The maximum atomic E-state index is 13.0. The quantitative estimate of drug-likeness (QED) is 0.503. The zero-order valence-electron chi connectivity index (χ0n) is 14.2. The lowest BCUT2D eigenvalue weighted by molar-refractivity contribution is -0.115. The van der Waals surface area contributed by atoms with Crippen LogP contribution in [0.3, 0.4) is 0 Å². The fraction of sp³-hybridized carbons (Fsp3) is 0.150. The molecule has 1 aromatic heterocycles. The highest BCUT2D eigenvalue weighted by molar-refractivity contribution is 8.00. The Hall–Kier alpha value is -2.73. The van der Waals surface area contributed by atoms with Crippen molar-refractivity contribution in [1.82, 2.24) is 9.97 Å². The molecule has 1 N–H and O–H groups in total. The first-order valence-electron chi connectivity index (χ1n) is 8.26. The van der Waals surface area contributed by atoms with Crippen LogP contribution in [-0.2, 0) is 4.79 Å². The Kier molecular flexibility index (Phi) is 5.96. The van der Waals surface area contributed by atoms with Crippen LogP contribution < -0.4 is 5.32 Å². The van der Waals surface area contributed by atoms with Crippen molar-refractivity contribution in [1.29, 1.82) is 0 Å². The molecule has 4 nitrogen and oxygen atoms in total. The van der Waals surface area contributed by atoms with Gasteiger partial charge in [-0.25, -0.2) is 14.4 Å². The van der Waals surface area contributed by atoms with Crippen LogP contribution in [0.5, 0.6) is 0 Å². The summed E-state index contributed by atoms with van der Waals surface area (Å²) < 4.78 is 13.0. The highest BCUT2D eigenvalue weighted by atomic mass is 32.2. The SMILES string of the molecule is CCC(Sc1cc(-c2ccccc2)ncn1)C(=O)Nc1ccc(F)cc1. The average molecular weight is 367 g/mol. The van der Waals surface area contributed by atoms with Gasteiger partial charge in [-0.2, -0.15) is 0 Å². The third kappa shape index (κ3) is 4.67. The summed E-state index contributed by atoms with van der Waals surface area (Å²) >= 11 is 1.39. The van der Waals surface area contributed by atoms with Gasteiger partial charge in [0.05, 0.1) is 10.9 Å². The first-order chi connectivity index (χ1) is 12.7. The van der Waals surface area contributed by atoms with Crippen molar-refractivity contribution in [2.75, 3.05) is 5.32 Å². The summed E-state index contributed by atoms with van der Waals surface area (Å²) in [4.78, 5) is 21.1. The molecule has 0 bridgehead atoms. The fourth-order valence-corrected chi connectivity index (χ4v) is 3.31. The monoisotopic (exact) mass is 367 g/mol. The molecule has 6 heteroatoms. The van der Waals surface area contributed by atoms with Gasteiger partial charge in [-0.15, -0.1) is 0 Å². The number of carbonyl (C=O) groups is 1. The normalized spacial score (nSPS) is 11.8. The molecule has 0 aliphatic heterocycles. The highest BCUT2D eigenvalue weighted by Crippen LogP contribution is 2.27. The number of nitrogens with zero attached hydrogens (tertiary/aromatic N) is 2. The second-order valence-corrected chi connectivity index (χ2v) is 6.84. The van der Waals surface area contributed by atoms with E-state index in [2.05, 4.69) is 15.3 Å². The zero-order valence-corrected chi connectivity index (χ0v) is 15.0. The van der Waals surface area contributed by atoms with Crippen LogP contribution in [0.2, 0.25) is 0 Å². The number of carbonyl (C=O) groups excluding carboxylic acids is 1. The number of halogens is 1. The molecule has 0 saturated carbocycles. The van der Waals surface area contributed by atoms with Crippen LogP contribution in [0.25, 0.3) is 11.3 Å². The van der Waals surface area contributed by atoms with E-state index >= 15 is 0 Å². The zero-order chi connectivity index (χ0) is 18.4. The molecule has 3 rings (SSSR count). The number of hydrogen-bond donors (Lipinski definition) is 1. The van der Waals surface area contributed by atoms with Gasteiger partial charge < -0.3 is 5.32 Å². The van der Waals surface area contributed by atoms with Crippen molar-refractivity contribution < 1.29 is 9.18 Å². The Bertz CT molecular complexity index is 872. The Balaban J connectivity index is 1.71. The fourth-order valence-electron chi connectivity index (χ4n) is 2.39. The largest absolute Gasteiger partial charge is 0.325 e. The second-order valence-electron chi connectivity index (χ2n) is 5.62. The minimum absolute atomic E-state index is 0.135. The number of rotatable bonds is 6. The van der Waals surface area contributed by atoms with E-state index in [4.69, 9.17) is 0 Å². The molecule has 26 heavy (non-hydrogen) atoms. The summed E-state index contributed by atoms with van der Waals surface area (Å²) in [6.07, 6.45) is 2.15. The molecule has 0 aliphatic carbocycles. The minimum Gasteiger partial charge on any atom is -0.325 e. The molecule has 1 atom stereocenters. The molecule has 0 spiro atoms. The molecular weight excluding hydrogens is 349 g/mol. The molecule has 0 saturated heterocycles. The van der Waals surface area contributed by atoms with E-state index in [0.29, 0.717) is 12.1 Å². The predicted molar refractivity (Wildman–Crippen MR) is 102 cm³/mol. The van der Waals surface area contributed by atoms with Crippen LogP contribution in [0, 0.1) is 5.82 Å².